The quantitative estimate of drug-likeness (QED) is 0.749. The Hall–Kier alpha value is -0.820. The lowest BCUT2D eigenvalue weighted by Crippen LogP contribution is -2.24. The molecule has 3 atom stereocenters. The van der Waals surface area contributed by atoms with Crippen molar-refractivity contribution in [2.75, 3.05) is 7.05 Å². The average molecular weight is 231 g/mol. The molecule has 0 aliphatic heterocycles. The first-order valence-electron chi connectivity index (χ1n) is 7.07. The van der Waals surface area contributed by atoms with Gasteiger partial charge in [0.25, 0.3) is 0 Å². The van der Waals surface area contributed by atoms with Crippen molar-refractivity contribution in [3.63, 3.8) is 0 Å². The van der Waals surface area contributed by atoms with Crippen molar-refractivity contribution in [1.29, 1.82) is 0 Å². The van der Waals surface area contributed by atoms with Gasteiger partial charge in [-0.2, -0.15) is 0 Å². The first kappa shape index (κ1) is 12.6. The molecular formula is C16H25N. The molecule has 0 bridgehead atoms. The van der Waals surface area contributed by atoms with Gasteiger partial charge in [0.15, 0.2) is 0 Å². The summed E-state index contributed by atoms with van der Waals surface area (Å²) in [7, 11) is 2.10. The second-order valence-corrected chi connectivity index (χ2v) is 5.36. The lowest BCUT2D eigenvalue weighted by atomic mass is 10.0. The Labute approximate surface area is 106 Å². The van der Waals surface area contributed by atoms with Crippen molar-refractivity contribution in [3.8, 4) is 0 Å². The van der Waals surface area contributed by atoms with Crippen molar-refractivity contribution in [3.05, 3.63) is 35.9 Å². The monoisotopic (exact) mass is 231 g/mol. The fraction of sp³-hybridized carbons (Fsp3) is 0.625. The summed E-state index contributed by atoms with van der Waals surface area (Å²) >= 11 is 0. The Morgan fingerprint density at radius 3 is 2.65 bits per heavy atom. The van der Waals surface area contributed by atoms with Gasteiger partial charge in [-0.3, -0.25) is 0 Å². The summed E-state index contributed by atoms with van der Waals surface area (Å²) in [5, 5.41) is 3.44. The standard InChI is InChI=1S/C16H25N/c1-3-7-15(17-2)11-10-14-12-16(14)13-8-5-4-6-9-13/h4-6,8-9,14-17H,3,7,10-12H2,1-2H3. The molecule has 1 aliphatic rings. The van der Waals surface area contributed by atoms with E-state index in [0.29, 0.717) is 0 Å². The molecule has 0 heterocycles. The van der Waals surface area contributed by atoms with Crippen LogP contribution in [0.25, 0.3) is 0 Å². The third kappa shape index (κ3) is 3.57. The highest BCUT2D eigenvalue weighted by molar-refractivity contribution is 5.25. The third-order valence-corrected chi connectivity index (χ3v) is 4.08. The maximum atomic E-state index is 3.44. The summed E-state index contributed by atoms with van der Waals surface area (Å²) in [6.45, 7) is 2.27. The van der Waals surface area contributed by atoms with Gasteiger partial charge in [-0.05, 0) is 50.1 Å². The average Bonchev–Trinajstić information content (AvgIpc) is 3.15. The van der Waals surface area contributed by atoms with E-state index in [2.05, 4.69) is 49.6 Å². The summed E-state index contributed by atoms with van der Waals surface area (Å²) in [5.74, 6) is 1.81. The van der Waals surface area contributed by atoms with Gasteiger partial charge in [0.1, 0.15) is 0 Å². The van der Waals surface area contributed by atoms with Gasteiger partial charge in [0.05, 0.1) is 0 Å². The molecule has 1 aromatic carbocycles. The van der Waals surface area contributed by atoms with Gasteiger partial charge in [0.2, 0.25) is 0 Å². The molecule has 0 amide bonds. The molecule has 1 heteroatoms. The highest BCUT2D eigenvalue weighted by Crippen LogP contribution is 2.50. The molecule has 1 fully saturated rings. The van der Waals surface area contributed by atoms with Crippen LogP contribution in [0.1, 0.15) is 50.5 Å². The molecule has 94 valence electrons. The first-order chi connectivity index (χ1) is 8.35. The molecule has 1 aliphatic carbocycles. The molecule has 0 radical (unpaired) electrons. The topological polar surface area (TPSA) is 12.0 Å². The van der Waals surface area contributed by atoms with Crippen LogP contribution in [-0.2, 0) is 0 Å². The highest BCUT2D eigenvalue weighted by Gasteiger charge is 2.37. The minimum Gasteiger partial charge on any atom is -0.317 e. The molecule has 1 N–H and O–H groups in total. The number of hydrogen-bond acceptors (Lipinski definition) is 1. The molecular weight excluding hydrogens is 206 g/mol. The van der Waals surface area contributed by atoms with Crippen LogP contribution in [0.3, 0.4) is 0 Å². The number of benzene rings is 1. The van der Waals surface area contributed by atoms with Crippen molar-refractivity contribution < 1.29 is 0 Å². The number of nitrogens with one attached hydrogen (secondary N) is 1. The first-order valence-corrected chi connectivity index (χ1v) is 7.07. The van der Waals surface area contributed by atoms with E-state index >= 15 is 0 Å². The Kier molecular flexibility index (Phi) is 4.61. The summed E-state index contributed by atoms with van der Waals surface area (Å²) in [6, 6.07) is 11.7. The minimum atomic E-state index is 0.733. The van der Waals surface area contributed by atoms with Gasteiger partial charge in [-0.15, -0.1) is 0 Å². The van der Waals surface area contributed by atoms with Crippen LogP contribution in [0, 0.1) is 5.92 Å². The number of hydrogen-bond donors (Lipinski definition) is 1. The zero-order valence-electron chi connectivity index (χ0n) is 11.2. The molecule has 0 spiro atoms. The Morgan fingerprint density at radius 2 is 2.00 bits per heavy atom. The van der Waals surface area contributed by atoms with Crippen molar-refractivity contribution in [2.24, 2.45) is 5.92 Å². The molecule has 3 unspecified atom stereocenters. The summed E-state index contributed by atoms with van der Waals surface area (Å²) in [5.41, 5.74) is 1.55. The normalized spacial score (nSPS) is 24.6. The molecule has 17 heavy (non-hydrogen) atoms. The SMILES string of the molecule is CCCC(CCC1CC1c1ccccc1)NC. The van der Waals surface area contributed by atoms with E-state index in [9.17, 15) is 0 Å². The fourth-order valence-electron chi connectivity index (χ4n) is 2.87. The van der Waals surface area contributed by atoms with E-state index in [1.165, 1.54) is 32.1 Å². The predicted octanol–water partition coefficient (Wildman–Crippen LogP) is 3.96. The summed E-state index contributed by atoms with van der Waals surface area (Å²) < 4.78 is 0. The molecule has 2 rings (SSSR count). The lowest BCUT2D eigenvalue weighted by Gasteiger charge is -2.14. The Bertz CT molecular complexity index is 320. The van der Waals surface area contributed by atoms with Crippen LogP contribution < -0.4 is 5.32 Å². The molecule has 0 aromatic heterocycles. The zero-order valence-corrected chi connectivity index (χ0v) is 11.2. The van der Waals surface area contributed by atoms with Crippen LogP contribution >= 0.6 is 0 Å². The second-order valence-electron chi connectivity index (χ2n) is 5.36. The summed E-state index contributed by atoms with van der Waals surface area (Å²) in [4.78, 5) is 0. The maximum Gasteiger partial charge on any atom is 0.00640 e. The molecule has 1 saturated carbocycles. The van der Waals surface area contributed by atoms with Gasteiger partial charge in [0, 0.05) is 6.04 Å². The minimum absolute atomic E-state index is 0.733. The van der Waals surface area contributed by atoms with Crippen LogP contribution in [0.2, 0.25) is 0 Å². The van der Waals surface area contributed by atoms with Crippen LogP contribution in [0.5, 0.6) is 0 Å². The third-order valence-electron chi connectivity index (χ3n) is 4.08. The van der Waals surface area contributed by atoms with E-state index < -0.39 is 0 Å². The van der Waals surface area contributed by atoms with Gasteiger partial charge >= 0.3 is 0 Å². The number of rotatable bonds is 7. The molecule has 0 saturated heterocycles. The van der Waals surface area contributed by atoms with Crippen LogP contribution in [-0.4, -0.2) is 13.1 Å². The predicted molar refractivity (Wildman–Crippen MR) is 74.3 cm³/mol. The Balaban J connectivity index is 1.73. The van der Waals surface area contributed by atoms with Gasteiger partial charge < -0.3 is 5.32 Å². The lowest BCUT2D eigenvalue weighted by molar-refractivity contribution is 0.454. The second kappa shape index (κ2) is 6.20. The van der Waals surface area contributed by atoms with Gasteiger partial charge in [-0.25, -0.2) is 0 Å². The van der Waals surface area contributed by atoms with Crippen molar-refractivity contribution in [1.82, 2.24) is 5.32 Å². The Morgan fingerprint density at radius 1 is 1.24 bits per heavy atom. The highest BCUT2D eigenvalue weighted by atomic mass is 14.9. The molecule has 1 nitrogen and oxygen atoms in total. The fourth-order valence-corrected chi connectivity index (χ4v) is 2.87. The smallest absolute Gasteiger partial charge is 0.00640 e. The summed E-state index contributed by atoms with van der Waals surface area (Å²) in [6.07, 6.45) is 6.76. The molecule has 1 aromatic rings. The van der Waals surface area contributed by atoms with Crippen LogP contribution in [0.15, 0.2) is 30.3 Å². The maximum absolute atomic E-state index is 3.44. The van der Waals surface area contributed by atoms with Crippen molar-refractivity contribution in [2.45, 2.75) is 51.0 Å². The van der Waals surface area contributed by atoms with E-state index in [1.807, 2.05) is 0 Å². The van der Waals surface area contributed by atoms with E-state index in [-0.39, 0.29) is 0 Å². The van der Waals surface area contributed by atoms with Gasteiger partial charge in [-0.1, -0.05) is 43.7 Å². The van der Waals surface area contributed by atoms with E-state index in [4.69, 9.17) is 0 Å². The van der Waals surface area contributed by atoms with Crippen LogP contribution in [0.4, 0.5) is 0 Å². The zero-order chi connectivity index (χ0) is 12.1. The largest absolute Gasteiger partial charge is 0.317 e. The van der Waals surface area contributed by atoms with E-state index in [1.54, 1.807) is 5.56 Å². The van der Waals surface area contributed by atoms with Crippen molar-refractivity contribution >= 4 is 0 Å². The van der Waals surface area contributed by atoms with E-state index in [0.717, 1.165) is 17.9 Å².